The van der Waals surface area contributed by atoms with Crippen molar-refractivity contribution in [3.63, 3.8) is 0 Å². The maximum atomic E-state index is 14.5. The third kappa shape index (κ3) is 3.20. The second-order valence-corrected chi connectivity index (χ2v) is 7.37. The zero-order valence-electron chi connectivity index (χ0n) is 16.9. The Labute approximate surface area is 182 Å². The van der Waals surface area contributed by atoms with Gasteiger partial charge in [0.1, 0.15) is 11.5 Å². The summed E-state index contributed by atoms with van der Waals surface area (Å²) in [6, 6.07) is 8.61. The molecule has 0 radical (unpaired) electrons. The summed E-state index contributed by atoms with van der Waals surface area (Å²) in [7, 11) is 1.52. The van der Waals surface area contributed by atoms with Gasteiger partial charge in [-0.05, 0) is 35.9 Å². The molecule has 11 heteroatoms. The Morgan fingerprint density at radius 2 is 1.79 bits per heavy atom. The number of halogens is 4. The van der Waals surface area contributed by atoms with Crippen LogP contribution in [0.15, 0.2) is 59.8 Å². The Balaban J connectivity index is 1.84. The van der Waals surface area contributed by atoms with Gasteiger partial charge in [0.15, 0.2) is 0 Å². The molecule has 0 spiro atoms. The molecule has 0 saturated heterocycles. The van der Waals surface area contributed by atoms with Crippen LogP contribution >= 0.6 is 0 Å². The molecule has 0 unspecified atom stereocenters. The van der Waals surface area contributed by atoms with Crippen molar-refractivity contribution in [1.82, 2.24) is 24.1 Å². The number of aromatic nitrogens is 5. The molecular formula is C22H14F4N6O. The Hall–Kier alpha value is -4.28. The quantitative estimate of drug-likeness (QED) is 0.321. The predicted octanol–water partition coefficient (Wildman–Crippen LogP) is 4.07. The summed E-state index contributed by atoms with van der Waals surface area (Å²) in [5.41, 5.74) is 5.58. The van der Waals surface area contributed by atoms with Crippen LogP contribution in [0.5, 0.6) is 0 Å². The highest BCUT2D eigenvalue weighted by Crippen LogP contribution is 2.36. The van der Waals surface area contributed by atoms with E-state index >= 15 is 0 Å². The second-order valence-electron chi connectivity index (χ2n) is 7.37. The van der Waals surface area contributed by atoms with Gasteiger partial charge in [0.2, 0.25) is 5.95 Å². The lowest BCUT2D eigenvalue weighted by molar-refractivity contribution is -0.137. The number of nitrogens with zero attached hydrogens (tertiary/aromatic N) is 5. The van der Waals surface area contributed by atoms with E-state index in [1.54, 1.807) is 18.2 Å². The largest absolute Gasteiger partial charge is 0.419 e. The van der Waals surface area contributed by atoms with Crippen molar-refractivity contribution in [3.8, 4) is 16.8 Å². The third-order valence-corrected chi connectivity index (χ3v) is 5.42. The first-order chi connectivity index (χ1) is 15.7. The minimum Gasteiger partial charge on any atom is -0.383 e. The molecule has 166 valence electrons. The summed E-state index contributed by atoms with van der Waals surface area (Å²) in [5, 5.41) is 0.441. The van der Waals surface area contributed by atoms with Crippen LogP contribution in [0, 0.1) is 5.95 Å². The van der Waals surface area contributed by atoms with Gasteiger partial charge in [-0.3, -0.25) is 14.1 Å². The SMILES string of the molecule is Cn1c(=O)n(-c2cccnc2F)c2c3cc(-c4cnc(N)c(C(F)(F)F)c4)ccc3ncc21. The lowest BCUT2D eigenvalue weighted by Gasteiger charge is -2.12. The van der Waals surface area contributed by atoms with Crippen LogP contribution < -0.4 is 11.4 Å². The molecule has 0 aliphatic heterocycles. The van der Waals surface area contributed by atoms with E-state index in [0.717, 1.165) is 6.07 Å². The number of hydrogen-bond acceptors (Lipinski definition) is 5. The minimum atomic E-state index is -4.67. The van der Waals surface area contributed by atoms with Gasteiger partial charge in [-0.25, -0.2) is 14.8 Å². The first-order valence-electron chi connectivity index (χ1n) is 9.61. The number of pyridine rings is 3. The van der Waals surface area contributed by atoms with Crippen LogP contribution in [0.25, 0.3) is 38.8 Å². The van der Waals surface area contributed by atoms with Gasteiger partial charge in [0.25, 0.3) is 0 Å². The van der Waals surface area contributed by atoms with E-state index in [1.165, 1.54) is 46.9 Å². The smallest absolute Gasteiger partial charge is 0.383 e. The number of alkyl halides is 3. The van der Waals surface area contributed by atoms with Gasteiger partial charge in [0, 0.05) is 30.4 Å². The maximum absolute atomic E-state index is 14.5. The van der Waals surface area contributed by atoms with Crippen molar-refractivity contribution < 1.29 is 17.6 Å². The number of fused-ring (bicyclic) bond motifs is 3. The normalized spacial score (nSPS) is 12.0. The van der Waals surface area contributed by atoms with Crippen LogP contribution in [-0.2, 0) is 13.2 Å². The van der Waals surface area contributed by atoms with Crippen molar-refractivity contribution in [2.75, 3.05) is 5.73 Å². The molecule has 0 fully saturated rings. The monoisotopic (exact) mass is 454 g/mol. The van der Waals surface area contributed by atoms with Crippen molar-refractivity contribution in [1.29, 1.82) is 0 Å². The molecule has 0 bridgehead atoms. The Bertz CT molecular complexity index is 1620. The van der Waals surface area contributed by atoms with E-state index in [4.69, 9.17) is 5.73 Å². The number of benzene rings is 1. The summed E-state index contributed by atoms with van der Waals surface area (Å²) >= 11 is 0. The summed E-state index contributed by atoms with van der Waals surface area (Å²) in [6.07, 6.45) is -0.691. The number of rotatable bonds is 2. The summed E-state index contributed by atoms with van der Waals surface area (Å²) in [6.45, 7) is 0. The first kappa shape index (κ1) is 20.6. The molecule has 5 rings (SSSR count). The average Bonchev–Trinajstić information content (AvgIpc) is 3.04. The van der Waals surface area contributed by atoms with Gasteiger partial charge in [0.05, 0.1) is 28.3 Å². The van der Waals surface area contributed by atoms with E-state index in [2.05, 4.69) is 15.0 Å². The van der Waals surface area contributed by atoms with Crippen LogP contribution in [0.2, 0.25) is 0 Å². The lowest BCUT2D eigenvalue weighted by Crippen LogP contribution is -2.21. The van der Waals surface area contributed by atoms with Gasteiger partial charge >= 0.3 is 11.9 Å². The Kier molecular flexibility index (Phi) is 4.45. The van der Waals surface area contributed by atoms with E-state index in [-0.39, 0.29) is 11.3 Å². The van der Waals surface area contributed by atoms with Crippen LogP contribution in [0.4, 0.5) is 23.4 Å². The molecule has 1 aromatic carbocycles. The first-order valence-corrected chi connectivity index (χ1v) is 9.61. The molecule has 2 N–H and O–H groups in total. The fourth-order valence-corrected chi connectivity index (χ4v) is 3.80. The summed E-state index contributed by atoms with van der Waals surface area (Å²) < 4.78 is 57.0. The number of nitrogens with two attached hydrogens (primary N) is 1. The van der Waals surface area contributed by atoms with Crippen LogP contribution in [0.1, 0.15) is 5.56 Å². The zero-order valence-corrected chi connectivity index (χ0v) is 16.9. The highest BCUT2D eigenvalue weighted by Gasteiger charge is 2.34. The van der Waals surface area contributed by atoms with Crippen molar-refractivity contribution in [3.05, 3.63) is 77.0 Å². The fourth-order valence-electron chi connectivity index (χ4n) is 3.80. The van der Waals surface area contributed by atoms with Gasteiger partial charge < -0.3 is 5.73 Å². The summed E-state index contributed by atoms with van der Waals surface area (Å²) in [4.78, 5) is 24.6. The number of imidazole rings is 1. The van der Waals surface area contributed by atoms with Gasteiger partial charge in [-0.1, -0.05) is 6.07 Å². The average molecular weight is 454 g/mol. The van der Waals surface area contributed by atoms with Crippen LogP contribution in [-0.4, -0.2) is 24.1 Å². The molecule has 33 heavy (non-hydrogen) atoms. The molecule has 0 aliphatic rings. The molecule has 7 nitrogen and oxygen atoms in total. The molecule has 0 saturated carbocycles. The van der Waals surface area contributed by atoms with Crippen molar-refractivity contribution in [2.24, 2.45) is 7.05 Å². The molecule has 0 amide bonds. The molecule has 0 aliphatic carbocycles. The predicted molar refractivity (Wildman–Crippen MR) is 114 cm³/mol. The van der Waals surface area contributed by atoms with E-state index < -0.39 is 29.2 Å². The van der Waals surface area contributed by atoms with E-state index in [0.29, 0.717) is 27.5 Å². The number of hydrogen-bond donors (Lipinski definition) is 1. The highest BCUT2D eigenvalue weighted by molar-refractivity contribution is 6.04. The van der Waals surface area contributed by atoms with Crippen molar-refractivity contribution >= 4 is 27.8 Å². The molecule has 4 heterocycles. The fraction of sp³-hybridized carbons (Fsp3) is 0.0909. The third-order valence-electron chi connectivity index (χ3n) is 5.42. The maximum Gasteiger partial charge on any atom is 0.419 e. The summed E-state index contributed by atoms with van der Waals surface area (Å²) in [5.74, 6) is -1.47. The molecule has 5 aromatic rings. The molecule has 4 aromatic heterocycles. The molecular weight excluding hydrogens is 440 g/mol. The lowest BCUT2D eigenvalue weighted by atomic mass is 10.0. The minimum absolute atomic E-state index is 0.0560. The standard InChI is InChI=1S/C22H14F4N6O/c1-31-17-10-29-15-5-4-11(12-8-14(22(24,25)26)20(27)30-9-12)7-13(15)18(17)32(21(31)33)16-3-2-6-28-19(16)23/h2-10H,1H3,(H2,27,30). The number of nitrogen functional groups attached to an aromatic ring is 1. The number of anilines is 1. The van der Waals surface area contributed by atoms with Crippen LogP contribution in [0.3, 0.4) is 0 Å². The van der Waals surface area contributed by atoms with Crippen molar-refractivity contribution in [2.45, 2.75) is 6.18 Å². The second kappa shape index (κ2) is 7.12. The van der Waals surface area contributed by atoms with E-state index in [9.17, 15) is 22.4 Å². The van der Waals surface area contributed by atoms with Gasteiger partial charge in [-0.15, -0.1) is 0 Å². The topological polar surface area (TPSA) is 91.6 Å². The van der Waals surface area contributed by atoms with Gasteiger partial charge in [-0.2, -0.15) is 17.6 Å². The Morgan fingerprint density at radius 1 is 1.00 bits per heavy atom. The number of aryl methyl sites for hydroxylation is 1. The molecule has 0 atom stereocenters. The zero-order chi connectivity index (χ0) is 23.5. The van der Waals surface area contributed by atoms with E-state index in [1.807, 2.05) is 0 Å². The Morgan fingerprint density at radius 3 is 2.52 bits per heavy atom. The highest BCUT2D eigenvalue weighted by atomic mass is 19.4.